The Balaban J connectivity index is 1.54. The summed E-state index contributed by atoms with van der Waals surface area (Å²) in [4.78, 5) is 4.46. The first-order valence-corrected chi connectivity index (χ1v) is 9.78. The third-order valence-corrected chi connectivity index (χ3v) is 5.09. The van der Waals surface area contributed by atoms with Crippen LogP contribution in [0.4, 0.5) is 0 Å². The van der Waals surface area contributed by atoms with Gasteiger partial charge in [-0.25, -0.2) is 4.98 Å². The molecule has 0 bridgehead atoms. The second kappa shape index (κ2) is 7.63. The number of aromatic nitrogens is 2. The van der Waals surface area contributed by atoms with E-state index in [1.165, 1.54) is 5.56 Å². The molecule has 0 aliphatic rings. The average molecular weight is 386 g/mol. The van der Waals surface area contributed by atoms with Crippen LogP contribution in [0, 0.1) is 0 Å². The van der Waals surface area contributed by atoms with Crippen molar-refractivity contribution in [1.82, 2.24) is 9.38 Å². The van der Waals surface area contributed by atoms with E-state index in [1.807, 2.05) is 48.8 Å². The molecule has 0 atom stereocenters. The van der Waals surface area contributed by atoms with Crippen LogP contribution in [0.3, 0.4) is 0 Å². The molecule has 0 saturated carbocycles. The van der Waals surface area contributed by atoms with Crippen molar-refractivity contribution in [3.63, 3.8) is 0 Å². The average Bonchev–Trinajstić information content (AvgIpc) is 3.16. The van der Waals surface area contributed by atoms with Crippen molar-refractivity contribution in [2.45, 2.75) is 32.8 Å². The second-order valence-electron chi connectivity index (χ2n) is 8.17. The van der Waals surface area contributed by atoms with Gasteiger partial charge in [0, 0.05) is 11.8 Å². The molecule has 0 saturated heterocycles. The summed E-state index contributed by atoms with van der Waals surface area (Å²) in [5.41, 5.74) is 5.56. The summed E-state index contributed by atoms with van der Waals surface area (Å²) in [6.07, 6.45) is 3.89. The zero-order valence-corrected chi connectivity index (χ0v) is 17.3. The Morgan fingerprint density at radius 1 is 0.931 bits per heavy atom. The summed E-state index contributed by atoms with van der Waals surface area (Å²) in [6.45, 7) is 7.15. The minimum atomic E-state index is 0.149. The number of rotatable bonds is 5. The molecular weight excluding hydrogens is 360 g/mol. The summed E-state index contributed by atoms with van der Waals surface area (Å²) in [6, 6.07) is 20.6. The largest absolute Gasteiger partial charge is 0.493 e. The molecule has 2 heterocycles. The van der Waals surface area contributed by atoms with E-state index in [1.54, 1.807) is 7.11 Å². The van der Waals surface area contributed by atoms with E-state index < -0.39 is 0 Å². The Kier molecular flexibility index (Phi) is 5.01. The standard InChI is InChI=1S/C25H26N2O2/c1-25(2,3)20-11-8-18(9-12-20)17-29-22-13-10-19(15-23(22)28-4)21-16-26-24-7-5-6-14-27(21)24/h5-16H,17H2,1-4H3. The Hall–Kier alpha value is -3.27. The van der Waals surface area contributed by atoms with Crippen LogP contribution in [0.2, 0.25) is 0 Å². The molecule has 4 nitrogen and oxygen atoms in total. The molecule has 0 aliphatic carbocycles. The van der Waals surface area contributed by atoms with Crippen LogP contribution in [0.1, 0.15) is 31.9 Å². The van der Waals surface area contributed by atoms with E-state index >= 15 is 0 Å². The first kappa shape index (κ1) is 19.1. The first-order chi connectivity index (χ1) is 14.0. The van der Waals surface area contributed by atoms with Gasteiger partial charge in [0.05, 0.1) is 19.0 Å². The molecule has 4 rings (SSSR count). The van der Waals surface area contributed by atoms with Gasteiger partial charge in [-0.05, 0) is 46.9 Å². The van der Waals surface area contributed by atoms with Crippen molar-refractivity contribution in [1.29, 1.82) is 0 Å². The summed E-state index contributed by atoms with van der Waals surface area (Å²) in [5, 5.41) is 0. The highest BCUT2D eigenvalue weighted by Gasteiger charge is 2.14. The number of benzene rings is 2. The third-order valence-electron chi connectivity index (χ3n) is 5.09. The van der Waals surface area contributed by atoms with Gasteiger partial charge in [0.1, 0.15) is 12.3 Å². The number of hydrogen-bond acceptors (Lipinski definition) is 3. The summed E-state index contributed by atoms with van der Waals surface area (Å²) >= 11 is 0. The van der Waals surface area contributed by atoms with Gasteiger partial charge >= 0.3 is 0 Å². The molecule has 29 heavy (non-hydrogen) atoms. The van der Waals surface area contributed by atoms with Crippen molar-refractivity contribution >= 4 is 5.65 Å². The lowest BCUT2D eigenvalue weighted by atomic mass is 9.87. The number of methoxy groups -OCH3 is 1. The minimum absolute atomic E-state index is 0.149. The van der Waals surface area contributed by atoms with E-state index in [4.69, 9.17) is 9.47 Å². The Labute approximate surface area is 171 Å². The highest BCUT2D eigenvalue weighted by Crippen LogP contribution is 2.33. The van der Waals surface area contributed by atoms with Gasteiger partial charge in [-0.2, -0.15) is 0 Å². The molecule has 0 spiro atoms. The highest BCUT2D eigenvalue weighted by molar-refractivity contribution is 5.67. The third kappa shape index (κ3) is 3.97. The lowest BCUT2D eigenvalue weighted by Gasteiger charge is -2.19. The molecule has 0 fully saturated rings. The summed E-state index contributed by atoms with van der Waals surface area (Å²) in [7, 11) is 1.67. The Morgan fingerprint density at radius 3 is 2.45 bits per heavy atom. The van der Waals surface area contributed by atoms with Gasteiger partial charge in [0.15, 0.2) is 11.5 Å². The fraction of sp³-hybridized carbons (Fsp3) is 0.240. The summed E-state index contributed by atoms with van der Waals surface area (Å²) < 4.78 is 13.7. The smallest absolute Gasteiger partial charge is 0.161 e. The molecule has 148 valence electrons. The zero-order chi connectivity index (χ0) is 20.4. The molecule has 0 radical (unpaired) electrons. The predicted molar refractivity (Wildman–Crippen MR) is 117 cm³/mol. The molecule has 0 unspecified atom stereocenters. The number of imidazole rings is 1. The lowest BCUT2D eigenvalue weighted by molar-refractivity contribution is 0.284. The Bertz CT molecular complexity index is 1120. The first-order valence-electron chi connectivity index (χ1n) is 9.78. The number of fused-ring (bicyclic) bond motifs is 1. The van der Waals surface area contributed by atoms with Crippen molar-refractivity contribution in [3.8, 4) is 22.8 Å². The quantitative estimate of drug-likeness (QED) is 0.429. The lowest BCUT2D eigenvalue weighted by Crippen LogP contribution is -2.10. The zero-order valence-electron chi connectivity index (χ0n) is 17.3. The molecule has 4 heteroatoms. The normalized spacial score (nSPS) is 11.6. The summed E-state index contributed by atoms with van der Waals surface area (Å²) in [5.74, 6) is 1.43. The molecule has 2 aromatic heterocycles. The van der Waals surface area contributed by atoms with Crippen LogP contribution < -0.4 is 9.47 Å². The van der Waals surface area contributed by atoms with Crippen LogP contribution in [-0.4, -0.2) is 16.5 Å². The van der Waals surface area contributed by atoms with Crippen LogP contribution >= 0.6 is 0 Å². The van der Waals surface area contributed by atoms with Gasteiger partial charge in [0.2, 0.25) is 0 Å². The fourth-order valence-electron chi connectivity index (χ4n) is 3.35. The van der Waals surface area contributed by atoms with Crippen molar-refractivity contribution in [2.24, 2.45) is 0 Å². The van der Waals surface area contributed by atoms with Gasteiger partial charge in [-0.3, -0.25) is 4.40 Å². The van der Waals surface area contributed by atoms with Crippen molar-refractivity contribution in [3.05, 3.63) is 84.2 Å². The van der Waals surface area contributed by atoms with Gasteiger partial charge in [-0.15, -0.1) is 0 Å². The van der Waals surface area contributed by atoms with Crippen LogP contribution in [-0.2, 0) is 12.0 Å². The molecule has 0 amide bonds. The van der Waals surface area contributed by atoms with E-state index in [2.05, 4.69) is 54.4 Å². The monoisotopic (exact) mass is 386 g/mol. The van der Waals surface area contributed by atoms with E-state index in [9.17, 15) is 0 Å². The maximum atomic E-state index is 6.05. The maximum absolute atomic E-state index is 6.05. The van der Waals surface area contributed by atoms with E-state index in [0.717, 1.165) is 28.2 Å². The number of nitrogens with zero attached hydrogens (tertiary/aromatic N) is 2. The molecular formula is C25H26N2O2. The van der Waals surface area contributed by atoms with Crippen molar-refractivity contribution in [2.75, 3.05) is 7.11 Å². The Morgan fingerprint density at radius 2 is 1.72 bits per heavy atom. The molecule has 0 N–H and O–H groups in total. The van der Waals surface area contributed by atoms with Gasteiger partial charge in [-0.1, -0.05) is 51.1 Å². The maximum Gasteiger partial charge on any atom is 0.161 e. The second-order valence-corrected chi connectivity index (χ2v) is 8.17. The van der Waals surface area contributed by atoms with Crippen LogP contribution in [0.5, 0.6) is 11.5 Å². The van der Waals surface area contributed by atoms with Crippen LogP contribution in [0.15, 0.2) is 73.1 Å². The molecule has 2 aromatic carbocycles. The van der Waals surface area contributed by atoms with Gasteiger partial charge < -0.3 is 9.47 Å². The van der Waals surface area contributed by atoms with E-state index in [0.29, 0.717) is 12.4 Å². The molecule has 4 aromatic rings. The minimum Gasteiger partial charge on any atom is -0.493 e. The van der Waals surface area contributed by atoms with Crippen molar-refractivity contribution < 1.29 is 9.47 Å². The number of pyridine rings is 1. The van der Waals surface area contributed by atoms with E-state index in [-0.39, 0.29) is 5.41 Å². The number of hydrogen-bond donors (Lipinski definition) is 0. The topological polar surface area (TPSA) is 35.8 Å². The predicted octanol–water partition coefficient (Wildman–Crippen LogP) is 5.89. The highest BCUT2D eigenvalue weighted by atomic mass is 16.5. The fourth-order valence-corrected chi connectivity index (χ4v) is 3.35. The van der Waals surface area contributed by atoms with Gasteiger partial charge in [0.25, 0.3) is 0 Å². The van der Waals surface area contributed by atoms with Crippen LogP contribution in [0.25, 0.3) is 16.9 Å². The SMILES string of the molecule is COc1cc(-c2cnc3ccccn23)ccc1OCc1ccc(C(C)(C)C)cc1. The number of ether oxygens (including phenoxy) is 2. The molecule has 0 aliphatic heterocycles.